The zero-order valence-corrected chi connectivity index (χ0v) is 11.2. The molecule has 18 heavy (non-hydrogen) atoms. The highest BCUT2D eigenvalue weighted by Crippen LogP contribution is 2.16. The summed E-state index contributed by atoms with van der Waals surface area (Å²) in [7, 11) is 0. The SMILES string of the molecule is CC(C)(C)OC(=O)N[C@H](CO)C[C@H]1CCNC1=O. The Kier molecular flexibility index (Phi) is 4.95. The molecule has 0 aromatic heterocycles. The largest absolute Gasteiger partial charge is 0.444 e. The van der Waals surface area contributed by atoms with E-state index in [0.29, 0.717) is 13.0 Å². The molecule has 2 atom stereocenters. The quantitative estimate of drug-likeness (QED) is 0.681. The third kappa shape index (κ3) is 4.91. The summed E-state index contributed by atoms with van der Waals surface area (Å²) in [5, 5.41) is 14.5. The van der Waals surface area contributed by atoms with Crippen LogP contribution in [-0.4, -0.2) is 41.9 Å². The Balaban J connectivity index is 2.42. The van der Waals surface area contributed by atoms with Crippen molar-refractivity contribution in [3.8, 4) is 0 Å². The highest BCUT2D eigenvalue weighted by atomic mass is 16.6. The van der Waals surface area contributed by atoms with E-state index in [4.69, 9.17) is 4.74 Å². The van der Waals surface area contributed by atoms with E-state index in [1.54, 1.807) is 20.8 Å². The van der Waals surface area contributed by atoms with Gasteiger partial charge < -0.3 is 20.5 Å². The van der Waals surface area contributed by atoms with Gasteiger partial charge in [0.2, 0.25) is 5.91 Å². The van der Waals surface area contributed by atoms with Crippen LogP contribution in [0.4, 0.5) is 4.79 Å². The van der Waals surface area contributed by atoms with Crippen molar-refractivity contribution in [1.82, 2.24) is 10.6 Å². The molecule has 1 rings (SSSR count). The number of rotatable bonds is 4. The van der Waals surface area contributed by atoms with Gasteiger partial charge in [-0.2, -0.15) is 0 Å². The van der Waals surface area contributed by atoms with E-state index >= 15 is 0 Å². The lowest BCUT2D eigenvalue weighted by Gasteiger charge is -2.23. The molecule has 0 saturated carbocycles. The van der Waals surface area contributed by atoms with Crippen LogP contribution in [0.5, 0.6) is 0 Å². The lowest BCUT2D eigenvalue weighted by atomic mass is 9.99. The second kappa shape index (κ2) is 6.04. The van der Waals surface area contributed by atoms with Crippen LogP contribution >= 0.6 is 0 Å². The maximum absolute atomic E-state index is 11.5. The molecule has 1 fully saturated rings. The van der Waals surface area contributed by atoms with Crippen LogP contribution in [0.1, 0.15) is 33.6 Å². The zero-order chi connectivity index (χ0) is 13.8. The monoisotopic (exact) mass is 258 g/mol. The topological polar surface area (TPSA) is 87.7 Å². The van der Waals surface area contributed by atoms with Gasteiger partial charge in [-0.3, -0.25) is 4.79 Å². The van der Waals surface area contributed by atoms with Crippen molar-refractivity contribution in [2.75, 3.05) is 13.2 Å². The van der Waals surface area contributed by atoms with Crippen LogP contribution in [-0.2, 0) is 9.53 Å². The molecule has 6 nitrogen and oxygen atoms in total. The molecule has 1 heterocycles. The van der Waals surface area contributed by atoms with E-state index in [0.717, 1.165) is 6.42 Å². The number of ether oxygens (including phenoxy) is 1. The first-order valence-corrected chi connectivity index (χ1v) is 6.20. The van der Waals surface area contributed by atoms with Gasteiger partial charge in [-0.05, 0) is 33.6 Å². The Morgan fingerprint density at radius 1 is 1.61 bits per heavy atom. The van der Waals surface area contributed by atoms with Crippen molar-refractivity contribution in [3.05, 3.63) is 0 Å². The van der Waals surface area contributed by atoms with Crippen LogP contribution in [0.2, 0.25) is 0 Å². The molecule has 1 aliphatic heterocycles. The van der Waals surface area contributed by atoms with Crippen LogP contribution in [0.15, 0.2) is 0 Å². The number of aliphatic hydroxyl groups excluding tert-OH is 1. The fourth-order valence-corrected chi connectivity index (χ4v) is 1.87. The number of nitrogens with one attached hydrogen (secondary N) is 2. The van der Waals surface area contributed by atoms with Crippen molar-refractivity contribution in [2.45, 2.75) is 45.3 Å². The molecule has 104 valence electrons. The molecule has 0 aromatic rings. The minimum Gasteiger partial charge on any atom is -0.444 e. The lowest BCUT2D eigenvalue weighted by molar-refractivity contribution is -0.122. The van der Waals surface area contributed by atoms with E-state index in [2.05, 4.69) is 10.6 Å². The van der Waals surface area contributed by atoms with Crippen molar-refractivity contribution in [2.24, 2.45) is 5.92 Å². The summed E-state index contributed by atoms with van der Waals surface area (Å²) >= 11 is 0. The molecule has 0 radical (unpaired) electrons. The molecule has 0 aromatic carbocycles. The summed E-state index contributed by atoms with van der Waals surface area (Å²) < 4.78 is 5.10. The third-order valence-corrected chi connectivity index (χ3v) is 2.67. The summed E-state index contributed by atoms with van der Waals surface area (Å²) in [6.45, 7) is 5.76. The van der Waals surface area contributed by atoms with Crippen LogP contribution in [0.25, 0.3) is 0 Å². The van der Waals surface area contributed by atoms with Gasteiger partial charge in [0, 0.05) is 12.5 Å². The molecule has 1 aliphatic rings. The van der Waals surface area contributed by atoms with E-state index in [1.165, 1.54) is 0 Å². The summed E-state index contributed by atoms with van der Waals surface area (Å²) in [6.07, 6.45) is 0.604. The first-order chi connectivity index (χ1) is 8.31. The predicted octanol–water partition coefficient (Wildman–Crippen LogP) is 0.398. The number of carbonyl (C=O) groups excluding carboxylic acids is 2. The van der Waals surface area contributed by atoms with E-state index in [1.807, 2.05) is 0 Å². The average molecular weight is 258 g/mol. The smallest absolute Gasteiger partial charge is 0.407 e. The number of amides is 2. The van der Waals surface area contributed by atoms with Gasteiger partial charge in [0.15, 0.2) is 0 Å². The van der Waals surface area contributed by atoms with Gasteiger partial charge in [0.05, 0.1) is 12.6 Å². The van der Waals surface area contributed by atoms with Crippen LogP contribution < -0.4 is 10.6 Å². The molecule has 6 heteroatoms. The summed E-state index contributed by atoms with van der Waals surface area (Å²) in [6, 6.07) is -0.450. The Morgan fingerprint density at radius 2 is 2.28 bits per heavy atom. The second-order valence-corrected chi connectivity index (χ2v) is 5.54. The lowest BCUT2D eigenvalue weighted by Crippen LogP contribution is -2.42. The van der Waals surface area contributed by atoms with Crippen molar-refractivity contribution >= 4 is 12.0 Å². The molecule has 0 bridgehead atoms. The maximum atomic E-state index is 11.5. The van der Waals surface area contributed by atoms with E-state index in [-0.39, 0.29) is 18.4 Å². The van der Waals surface area contributed by atoms with Gasteiger partial charge in [-0.15, -0.1) is 0 Å². The molecule has 0 spiro atoms. The van der Waals surface area contributed by atoms with E-state index < -0.39 is 17.7 Å². The normalized spacial score (nSPS) is 21.3. The molecule has 3 N–H and O–H groups in total. The maximum Gasteiger partial charge on any atom is 0.407 e. The predicted molar refractivity (Wildman–Crippen MR) is 66.0 cm³/mol. The first-order valence-electron chi connectivity index (χ1n) is 6.20. The highest BCUT2D eigenvalue weighted by Gasteiger charge is 2.28. The Morgan fingerprint density at radius 3 is 2.72 bits per heavy atom. The molecule has 0 unspecified atom stereocenters. The van der Waals surface area contributed by atoms with E-state index in [9.17, 15) is 14.7 Å². The number of hydrogen-bond acceptors (Lipinski definition) is 4. The Hall–Kier alpha value is -1.30. The van der Waals surface area contributed by atoms with Gasteiger partial charge in [-0.25, -0.2) is 4.79 Å². The second-order valence-electron chi connectivity index (χ2n) is 5.54. The van der Waals surface area contributed by atoms with Gasteiger partial charge in [0.25, 0.3) is 0 Å². The van der Waals surface area contributed by atoms with Gasteiger partial charge in [0.1, 0.15) is 5.60 Å². The molecule has 1 saturated heterocycles. The fourth-order valence-electron chi connectivity index (χ4n) is 1.87. The summed E-state index contributed by atoms with van der Waals surface area (Å²) in [4.78, 5) is 22.9. The highest BCUT2D eigenvalue weighted by molar-refractivity contribution is 5.80. The minimum atomic E-state index is -0.575. The molecule has 0 aliphatic carbocycles. The number of hydrogen-bond donors (Lipinski definition) is 3. The number of carbonyl (C=O) groups is 2. The van der Waals surface area contributed by atoms with Crippen LogP contribution in [0, 0.1) is 5.92 Å². The Labute approximate surface area is 107 Å². The summed E-state index contributed by atoms with van der Waals surface area (Å²) in [5.74, 6) is -0.156. The van der Waals surface area contributed by atoms with Crippen molar-refractivity contribution < 1.29 is 19.4 Å². The molecular formula is C12H22N2O4. The molecule has 2 amide bonds. The van der Waals surface area contributed by atoms with Crippen molar-refractivity contribution in [3.63, 3.8) is 0 Å². The average Bonchev–Trinajstić information content (AvgIpc) is 2.60. The summed E-state index contributed by atoms with van der Waals surface area (Å²) in [5.41, 5.74) is -0.575. The van der Waals surface area contributed by atoms with Crippen molar-refractivity contribution in [1.29, 1.82) is 0 Å². The standard InChI is InChI=1S/C12H22N2O4/c1-12(2,3)18-11(17)14-9(7-15)6-8-4-5-13-10(8)16/h8-9,15H,4-7H2,1-3H3,(H,13,16)(H,14,17)/t8-,9+/m1/s1. The Bertz CT molecular complexity index is 312. The third-order valence-electron chi connectivity index (χ3n) is 2.67. The van der Waals surface area contributed by atoms with Gasteiger partial charge >= 0.3 is 6.09 Å². The molecular weight excluding hydrogens is 236 g/mol. The number of aliphatic hydroxyl groups is 1. The number of alkyl carbamates (subject to hydrolysis) is 1. The first kappa shape index (κ1) is 14.8. The van der Waals surface area contributed by atoms with Gasteiger partial charge in [-0.1, -0.05) is 0 Å². The fraction of sp³-hybridized carbons (Fsp3) is 0.833. The zero-order valence-electron chi connectivity index (χ0n) is 11.2. The minimum absolute atomic E-state index is 0.0144. The van der Waals surface area contributed by atoms with Crippen LogP contribution in [0.3, 0.4) is 0 Å².